The quantitative estimate of drug-likeness (QED) is 0.518. The second-order valence-electron chi connectivity index (χ2n) is 3.48. The van der Waals surface area contributed by atoms with Crippen LogP contribution in [-0.2, 0) is 0 Å². The second-order valence-corrected chi connectivity index (χ2v) is 3.48. The predicted molar refractivity (Wildman–Crippen MR) is 45.4 cm³/mol. The van der Waals surface area contributed by atoms with Crippen LogP contribution >= 0.6 is 0 Å². The first-order chi connectivity index (χ1) is 4.67. The molecule has 0 spiro atoms. The van der Waals surface area contributed by atoms with Gasteiger partial charge in [-0.05, 0) is 11.8 Å². The molecule has 10 heavy (non-hydrogen) atoms. The molecule has 1 unspecified atom stereocenters. The number of hydrogen-bond acceptors (Lipinski definition) is 1. The van der Waals surface area contributed by atoms with Gasteiger partial charge in [-0.25, -0.2) is 0 Å². The van der Waals surface area contributed by atoms with E-state index in [4.69, 9.17) is 0 Å². The normalized spacial score (nSPS) is 25.2. The summed E-state index contributed by atoms with van der Waals surface area (Å²) in [6, 6.07) is 0. The summed E-state index contributed by atoms with van der Waals surface area (Å²) in [6.07, 6.45) is 5.29. The predicted octanol–water partition coefficient (Wildman–Crippen LogP) is 2.29. The Balaban J connectivity index is 2.62. The molecule has 0 aromatic rings. The van der Waals surface area contributed by atoms with Crippen LogP contribution in [0.4, 0.5) is 0 Å². The van der Waals surface area contributed by atoms with Crippen molar-refractivity contribution in [2.45, 2.75) is 20.3 Å². The van der Waals surface area contributed by atoms with Crippen LogP contribution in [0.1, 0.15) is 20.3 Å². The van der Waals surface area contributed by atoms with Crippen molar-refractivity contribution in [2.75, 3.05) is 6.54 Å². The fourth-order valence-corrected chi connectivity index (χ4v) is 1.21. The monoisotopic (exact) mass is 137 g/mol. The Morgan fingerprint density at radius 3 is 2.80 bits per heavy atom. The zero-order chi connectivity index (χ0) is 7.61. The van der Waals surface area contributed by atoms with Crippen molar-refractivity contribution in [2.24, 2.45) is 16.3 Å². The summed E-state index contributed by atoms with van der Waals surface area (Å²) in [6.45, 7) is 9.24. The highest BCUT2D eigenvalue weighted by molar-refractivity contribution is 5.64. The van der Waals surface area contributed by atoms with Gasteiger partial charge in [0.05, 0.1) is 0 Å². The average molecular weight is 137 g/mol. The Bertz CT molecular complexity index is 156. The van der Waals surface area contributed by atoms with E-state index in [1.807, 2.05) is 6.08 Å². The molecule has 0 amide bonds. The molecule has 1 atom stereocenters. The Morgan fingerprint density at radius 2 is 2.40 bits per heavy atom. The summed E-state index contributed by atoms with van der Waals surface area (Å²) in [5.74, 6) is 0.616. The third-order valence-electron chi connectivity index (χ3n) is 2.34. The zero-order valence-electron chi connectivity index (χ0n) is 6.80. The van der Waals surface area contributed by atoms with Crippen molar-refractivity contribution >= 4 is 6.21 Å². The molecular formula is C9H15N. The highest BCUT2D eigenvalue weighted by atomic mass is 14.7. The largest absolute Gasteiger partial charge is 0.297 e. The van der Waals surface area contributed by atoms with Crippen molar-refractivity contribution in [3.05, 3.63) is 12.7 Å². The van der Waals surface area contributed by atoms with E-state index in [1.54, 1.807) is 0 Å². The van der Waals surface area contributed by atoms with Gasteiger partial charge in [-0.15, -0.1) is 6.58 Å². The van der Waals surface area contributed by atoms with Crippen molar-refractivity contribution in [3.63, 3.8) is 0 Å². The van der Waals surface area contributed by atoms with E-state index in [0.717, 1.165) is 6.54 Å². The van der Waals surface area contributed by atoms with Crippen LogP contribution in [-0.4, -0.2) is 12.8 Å². The lowest BCUT2D eigenvalue weighted by molar-refractivity contribution is 0.369. The van der Waals surface area contributed by atoms with Gasteiger partial charge in [0.25, 0.3) is 0 Å². The van der Waals surface area contributed by atoms with Crippen molar-refractivity contribution < 1.29 is 0 Å². The van der Waals surface area contributed by atoms with E-state index in [1.165, 1.54) is 6.42 Å². The Hall–Kier alpha value is -0.590. The van der Waals surface area contributed by atoms with Gasteiger partial charge in [0.15, 0.2) is 0 Å². The molecule has 0 aromatic heterocycles. The molecule has 0 saturated heterocycles. The summed E-state index contributed by atoms with van der Waals surface area (Å²) in [4.78, 5) is 4.21. The molecule has 1 heterocycles. The van der Waals surface area contributed by atoms with Gasteiger partial charge in [-0.2, -0.15) is 0 Å². The summed E-state index contributed by atoms with van der Waals surface area (Å²) in [5.41, 5.74) is 0.236. The molecule has 0 aliphatic carbocycles. The third-order valence-corrected chi connectivity index (χ3v) is 2.34. The minimum Gasteiger partial charge on any atom is -0.297 e. The van der Waals surface area contributed by atoms with Gasteiger partial charge < -0.3 is 0 Å². The fraction of sp³-hybridized carbons (Fsp3) is 0.667. The summed E-state index contributed by atoms with van der Waals surface area (Å²) < 4.78 is 0. The van der Waals surface area contributed by atoms with Crippen LogP contribution in [0, 0.1) is 11.3 Å². The average Bonchev–Trinajstić information content (AvgIpc) is 2.38. The van der Waals surface area contributed by atoms with Gasteiger partial charge in [-0.3, -0.25) is 4.99 Å². The molecule has 1 rings (SSSR count). The SMILES string of the molecule is C=CC(C)(C)C1C=NCC1. The summed E-state index contributed by atoms with van der Waals surface area (Å²) in [7, 11) is 0. The molecule has 56 valence electrons. The number of nitrogens with zero attached hydrogens (tertiary/aromatic N) is 1. The molecule has 1 aliphatic rings. The Labute approximate surface area is 62.9 Å². The molecule has 1 nitrogen and oxygen atoms in total. The van der Waals surface area contributed by atoms with Gasteiger partial charge in [-0.1, -0.05) is 19.9 Å². The maximum atomic E-state index is 4.21. The van der Waals surface area contributed by atoms with Crippen LogP contribution in [0.2, 0.25) is 0 Å². The first kappa shape index (κ1) is 7.52. The third kappa shape index (κ3) is 1.28. The first-order valence-electron chi connectivity index (χ1n) is 3.80. The maximum Gasteiger partial charge on any atom is 0.0392 e. The Kier molecular flexibility index (Phi) is 1.93. The lowest BCUT2D eigenvalue weighted by Gasteiger charge is -2.25. The highest BCUT2D eigenvalue weighted by Crippen LogP contribution is 2.31. The zero-order valence-corrected chi connectivity index (χ0v) is 6.80. The van der Waals surface area contributed by atoms with Crippen molar-refractivity contribution in [3.8, 4) is 0 Å². The number of rotatable bonds is 2. The van der Waals surface area contributed by atoms with Gasteiger partial charge >= 0.3 is 0 Å². The molecule has 1 aliphatic heterocycles. The first-order valence-corrected chi connectivity index (χ1v) is 3.80. The fourth-order valence-electron chi connectivity index (χ4n) is 1.21. The number of allylic oxidation sites excluding steroid dienone is 1. The van der Waals surface area contributed by atoms with Crippen molar-refractivity contribution in [1.29, 1.82) is 0 Å². The standard InChI is InChI=1S/C9H15N/c1-4-9(2,3)8-5-6-10-7-8/h4,7-8H,1,5-6H2,2-3H3. The molecule has 0 aromatic carbocycles. The van der Waals surface area contributed by atoms with Crippen molar-refractivity contribution in [1.82, 2.24) is 0 Å². The Morgan fingerprint density at radius 1 is 1.70 bits per heavy atom. The molecule has 0 radical (unpaired) electrons. The summed E-state index contributed by atoms with van der Waals surface area (Å²) >= 11 is 0. The van der Waals surface area contributed by atoms with Crippen LogP contribution in [0.25, 0.3) is 0 Å². The van der Waals surface area contributed by atoms with Gasteiger partial charge in [0.1, 0.15) is 0 Å². The van der Waals surface area contributed by atoms with E-state index in [2.05, 4.69) is 31.6 Å². The van der Waals surface area contributed by atoms with Crippen LogP contribution in [0.15, 0.2) is 17.6 Å². The van der Waals surface area contributed by atoms with Crippen LogP contribution in [0.5, 0.6) is 0 Å². The minimum absolute atomic E-state index is 0.236. The second kappa shape index (κ2) is 2.57. The molecule has 0 saturated carbocycles. The van der Waals surface area contributed by atoms with Crippen LogP contribution in [0.3, 0.4) is 0 Å². The van der Waals surface area contributed by atoms with Crippen LogP contribution < -0.4 is 0 Å². The highest BCUT2D eigenvalue weighted by Gasteiger charge is 2.26. The van der Waals surface area contributed by atoms with E-state index in [0.29, 0.717) is 5.92 Å². The molecule has 0 fully saturated rings. The topological polar surface area (TPSA) is 12.4 Å². The van der Waals surface area contributed by atoms with Gasteiger partial charge in [0, 0.05) is 18.7 Å². The molecule has 1 heteroatoms. The van der Waals surface area contributed by atoms with E-state index in [-0.39, 0.29) is 5.41 Å². The minimum atomic E-state index is 0.236. The van der Waals surface area contributed by atoms with E-state index >= 15 is 0 Å². The number of hydrogen-bond donors (Lipinski definition) is 0. The lowest BCUT2D eigenvalue weighted by Crippen LogP contribution is -2.20. The van der Waals surface area contributed by atoms with E-state index in [9.17, 15) is 0 Å². The smallest absolute Gasteiger partial charge is 0.0392 e. The van der Waals surface area contributed by atoms with E-state index < -0.39 is 0 Å². The summed E-state index contributed by atoms with van der Waals surface area (Å²) in [5, 5.41) is 0. The lowest BCUT2D eigenvalue weighted by atomic mass is 9.79. The maximum absolute atomic E-state index is 4.21. The molecule has 0 N–H and O–H groups in total. The van der Waals surface area contributed by atoms with Gasteiger partial charge in [0.2, 0.25) is 0 Å². The molecule has 0 bridgehead atoms. The number of aliphatic imine (C=N–C) groups is 1. The molecular weight excluding hydrogens is 122 g/mol.